The predicted octanol–water partition coefficient (Wildman–Crippen LogP) is 1.74. The molecule has 0 spiro atoms. The molecule has 0 atom stereocenters. The normalized spacial score (nSPS) is 10.3. The second kappa shape index (κ2) is 6.43. The molecule has 0 fully saturated rings. The minimum atomic E-state index is 0.594. The zero-order valence-electron chi connectivity index (χ0n) is 9.67. The minimum Gasteiger partial charge on any atom is -0.491 e. The van der Waals surface area contributed by atoms with E-state index in [9.17, 15) is 0 Å². The molecule has 1 rings (SSSR count). The molecule has 0 saturated carbocycles. The molecule has 3 nitrogen and oxygen atoms in total. The van der Waals surface area contributed by atoms with E-state index >= 15 is 0 Å². The van der Waals surface area contributed by atoms with Gasteiger partial charge >= 0.3 is 0 Å². The molecule has 0 amide bonds. The molecule has 0 aliphatic carbocycles. The molecule has 0 heterocycles. The maximum absolute atomic E-state index is 5.62. The molecule has 3 heteroatoms. The molecule has 0 unspecified atom stereocenters. The summed E-state index contributed by atoms with van der Waals surface area (Å²) < 4.78 is 10.6. The van der Waals surface area contributed by atoms with Crippen molar-refractivity contribution >= 4 is 0 Å². The van der Waals surface area contributed by atoms with E-state index in [1.165, 1.54) is 11.1 Å². The van der Waals surface area contributed by atoms with E-state index < -0.39 is 0 Å². The number of aryl methyl sites for hydroxylation is 1. The van der Waals surface area contributed by atoms with Crippen LogP contribution < -0.4 is 10.1 Å². The molecule has 0 radical (unpaired) electrons. The van der Waals surface area contributed by atoms with Gasteiger partial charge in [0.2, 0.25) is 0 Å². The lowest BCUT2D eigenvalue weighted by Gasteiger charge is -2.11. The van der Waals surface area contributed by atoms with E-state index in [0.717, 1.165) is 12.3 Å². The summed E-state index contributed by atoms with van der Waals surface area (Å²) in [4.78, 5) is 0. The number of ether oxygens (including phenoxy) is 2. The van der Waals surface area contributed by atoms with Crippen molar-refractivity contribution in [3.8, 4) is 5.75 Å². The Morgan fingerprint density at radius 3 is 2.73 bits per heavy atom. The van der Waals surface area contributed by atoms with Gasteiger partial charge in [0.05, 0.1) is 6.61 Å². The monoisotopic (exact) mass is 209 g/mol. The Bertz CT molecular complexity index is 300. The van der Waals surface area contributed by atoms with Crippen molar-refractivity contribution in [3.05, 3.63) is 29.3 Å². The van der Waals surface area contributed by atoms with Gasteiger partial charge in [-0.2, -0.15) is 0 Å². The molecule has 1 aromatic carbocycles. The van der Waals surface area contributed by atoms with Crippen LogP contribution in [-0.2, 0) is 11.3 Å². The minimum absolute atomic E-state index is 0.594. The van der Waals surface area contributed by atoms with E-state index in [2.05, 4.69) is 24.4 Å². The number of rotatable bonds is 6. The van der Waals surface area contributed by atoms with E-state index in [1.807, 2.05) is 13.1 Å². The molecular formula is C12H19NO2. The molecule has 0 aromatic heterocycles. The van der Waals surface area contributed by atoms with Gasteiger partial charge in [-0.3, -0.25) is 0 Å². The van der Waals surface area contributed by atoms with Crippen LogP contribution in [0.25, 0.3) is 0 Å². The number of hydrogen-bond acceptors (Lipinski definition) is 3. The highest BCUT2D eigenvalue weighted by atomic mass is 16.5. The van der Waals surface area contributed by atoms with E-state index in [1.54, 1.807) is 7.11 Å². The lowest BCUT2D eigenvalue weighted by molar-refractivity contribution is 0.145. The van der Waals surface area contributed by atoms with Gasteiger partial charge in [0.25, 0.3) is 0 Å². The van der Waals surface area contributed by atoms with Crippen LogP contribution in [0.4, 0.5) is 0 Å². The SMILES string of the molecule is CNCc1cc(C)ccc1OCCOC. The van der Waals surface area contributed by atoms with Gasteiger partial charge < -0.3 is 14.8 Å². The fraction of sp³-hybridized carbons (Fsp3) is 0.500. The largest absolute Gasteiger partial charge is 0.491 e. The Kier molecular flexibility index (Phi) is 5.15. The highest BCUT2D eigenvalue weighted by molar-refractivity contribution is 5.36. The third kappa shape index (κ3) is 3.90. The Balaban J connectivity index is 2.67. The van der Waals surface area contributed by atoms with Crippen molar-refractivity contribution in [1.29, 1.82) is 0 Å². The summed E-state index contributed by atoms with van der Waals surface area (Å²) in [6.45, 7) is 4.12. The standard InChI is InChI=1S/C12H19NO2/c1-10-4-5-12(15-7-6-14-3)11(8-10)9-13-2/h4-5,8,13H,6-7,9H2,1-3H3. The number of hydrogen-bond donors (Lipinski definition) is 1. The molecule has 1 aromatic rings. The Labute approximate surface area is 91.4 Å². The van der Waals surface area contributed by atoms with Crippen LogP contribution >= 0.6 is 0 Å². The summed E-state index contributed by atoms with van der Waals surface area (Å²) in [5.41, 5.74) is 2.44. The summed E-state index contributed by atoms with van der Waals surface area (Å²) in [6.07, 6.45) is 0. The topological polar surface area (TPSA) is 30.5 Å². The quantitative estimate of drug-likeness (QED) is 0.724. The molecule has 0 aliphatic heterocycles. The average Bonchev–Trinajstić information content (AvgIpc) is 2.22. The van der Waals surface area contributed by atoms with Crippen LogP contribution in [0.3, 0.4) is 0 Å². The van der Waals surface area contributed by atoms with Crippen LogP contribution in [0.1, 0.15) is 11.1 Å². The van der Waals surface area contributed by atoms with E-state index in [0.29, 0.717) is 13.2 Å². The highest BCUT2D eigenvalue weighted by Gasteiger charge is 2.02. The smallest absolute Gasteiger partial charge is 0.123 e. The first-order chi connectivity index (χ1) is 7.27. The summed E-state index contributed by atoms with van der Waals surface area (Å²) in [5.74, 6) is 0.937. The summed E-state index contributed by atoms with van der Waals surface area (Å²) in [5, 5.41) is 3.13. The molecule has 84 valence electrons. The van der Waals surface area contributed by atoms with Crippen molar-refractivity contribution in [1.82, 2.24) is 5.32 Å². The summed E-state index contributed by atoms with van der Waals surface area (Å²) in [7, 11) is 3.61. The maximum Gasteiger partial charge on any atom is 0.123 e. The van der Waals surface area contributed by atoms with Crippen LogP contribution in [0, 0.1) is 6.92 Å². The Morgan fingerprint density at radius 1 is 1.27 bits per heavy atom. The second-order valence-corrected chi connectivity index (χ2v) is 3.48. The van der Waals surface area contributed by atoms with Gasteiger partial charge in [-0.25, -0.2) is 0 Å². The van der Waals surface area contributed by atoms with Gasteiger partial charge in [-0.1, -0.05) is 17.7 Å². The van der Waals surface area contributed by atoms with Gasteiger partial charge in [0.1, 0.15) is 12.4 Å². The number of benzene rings is 1. The van der Waals surface area contributed by atoms with E-state index in [4.69, 9.17) is 9.47 Å². The number of nitrogens with one attached hydrogen (secondary N) is 1. The first-order valence-electron chi connectivity index (χ1n) is 5.13. The lowest BCUT2D eigenvalue weighted by Crippen LogP contribution is -2.10. The molecule has 15 heavy (non-hydrogen) atoms. The third-order valence-corrected chi connectivity index (χ3v) is 2.13. The second-order valence-electron chi connectivity index (χ2n) is 3.48. The van der Waals surface area contributed by atoms with Crippen molar-refractivity contribution < 1.29 is 9.47 Å². The first-order valence-corrected chi connectivity index (χ1v) is 5.13. The molecule has 0 bridgehead atoms. The Morgan fingerprint density at radius 2 is 2.07 bits per heavy atom. The highest BCUT2D eigenvalue weighted by Crippen LogP contribution is 2.19. The third-order valence-electron chi connectivity index (χ3n) is 2.13. The van der Waals surface area contributed by atoms with Gasteiger partial charge in [-0.05, 0) is 20.0 Å². The van der Waals surface area contributed by atoms with Crippen LogP contribution in [0.15, 0.2) is 18.2 Å². The maximum atomic E-state index is 5.62. The fourth-order valence-electron chi connectivity index (χ4n) is 1.41. The van der Waals surface area contributed by atoms with E-state index in [-0.39, 0.29) is 0 Å². The van der Waals surface area contributed by atoms with Crippen LogP contribution in [0.2, 0.25) is 0 Å². The average molecular weight is 209 g/mol. The van der Waals surface area contributed by atoms with Crippen molar-refractivity contribution in [2.45, 2.75) is 13.5 Å². The van der Waals surface area contributed by atoms with Crippen LogP contribution in [0.5, 0.6) is 5.75 Å². The molecule has 1 N–H and O–H groups in total. The molecule has 0 aliphatic rings. The Hall–Kier alpha value is -1.06. The van der Waals surface area contributed by atoms with Crippen LogP contribution in [-0.4, -0.2) is 27.4 Å². The summed E-state index contributed by atoms with van der Waals surface area (Å²) >= 11 is 0. The van der Waals surface area contributed by atoms with Gasteiger partial charge in [0.15, 0.2) is 0 Å². The number of methoxy groups -OCH3 is 1. The van der Waals surface area contributed by atoms with Gasteiger partial charge in [0, 0.05) is 19.2 Å². The predicted molar refractivity (Wildman–Crippen MR) is 61.3 cm³/mol. The zero-order valence-corrected chi connectivity index (χ0v) is 9.67. The zero-order chi connectivity index (χ0) is 11.1. The lowest BCUT2D eigenvalue weighted by atomic mass is 10.1. The first kappa shape index (κ1) is 12.0. The van der Waals surface area contributed by atoms with Crippen molar-refractivity contribution in [2.24, 2.45) is 0 Å². The van der Waals surface area contributed by atoms with Crippen molar-refractivity contribution in [2.75, 3.05) is 27.4 Å². The van der Waals surface area contributed by atoms with Gasteiger partial charge in [-0.15, -0.1) is 0 Å². The summed E-state index contributed by atoms with van der Waals surface area (Å²) in [6, 6.07) is 6.21. The molecule has 0 saturated heterocycles. The molecular weight excluding hydrogens is 190 g/mol. The fourth-order valence-corrected chi connectivity index (χ4v) is 1.41. The van der Waals surface area contributed by atoms with Crippen molar-refractivity contribution in [3.63, 3.8) is 0 Å².